The molecule has 2 atom stereocenters. The van der Waals surface area contributed by atoms with Crippen LogP contribution in [0.3, 0.4) is 0 Å². The molecule has 2 aliphatic rings. The second-order valence-corrected chi connectivity index (χ2v) is 10.7. The topological polar surface area (TPSA) is 49.7 Å². The molecule has 142 valence electrons. The highest BCUT2D eigenvalue weighted by Crippen LogP contribution is 2.37. The molecule has 1 fully saturated rings. The zero-order valence-electron chi connectivity index (χ0n) is 15.2. The number of benzene rings is 2. The third kappa shape index (κ3) is 3.89. The minimum atomic E-state index is -3.04. The van der Waals surface area contributed by atoms with Crippen molar-refractivity contribution >= 4 is 44.1 Å². The molecule has 0 saturated carbocycles. The Morgan fingerprint density at radius 1 is 1.15 bits per heavy atom. The third-order valence-electron chi connectivity index (χ3n) is 5.00. The lowest BCUT2D eigenvalue weighted by atomic mass is 10.1. The van der Waals surface area contributed by atoms with Gasteiger partial charge in [-0.1, -0.05) is 53.2 Å². The molecule has 7 heteroatoms. The monoisotopic (exact) mass is 420 g/mol. The van der Waals surface area contributed by atoms with E-state index in [4.69, 9.17) is 16.6 Å². The standard InChI is InChI=1S/C20H21ClN2O2S2/c1-13-3-8-18(14(2)9-13)23-19-12-27(24,25)11-17(19)22-20(23)26-10-15-4-6-16(21)7-5-15/h3-9,17,19H,10-12H2,1-2H3/t17-,19+/m1/s1. The lowest BCUT2D eigenvalue weighted by Gasteiger charge is -2.28. The Morgan fingerprint density at radius 3 is 2.59 bits per heavy atom. The number of aliphatic imine (C=N–C) groups is 1. The number of rotatable bonds is 3. The van der Waals surface area contributed by atoms with Gasteiger partial charge in [0.15, 0.2) is 15.0 Å². The highest BCUT2D eigenvalue weighted by atomic mass is 35.5. The van der Waals surface area contributed by atoms with Crippen LogP contribution in [0.25, 0.3) is 0 Å². The number of hydrogen-bond acceptors (Lipinski definition) is 5. The van der Waals surface area contributed by atoms with Crippen LogP contribution in [0, 0.1) is 13.8 Å². The summed E-state index contributed by atoms with van der Waals surface area (Å²) < 4.78 is 24.3. The Bertz CT molecular complexity index is 1000. The molecule has 4 nitrogen and oxygen atoms in total. The van der Waals surface area contributed by atoms with Gasteiger partial charge in [0.2, 0.25) is 0 Å². The Balaban J connectivity index is 1.64. The number of sulfone groups is 1. The summed E-state index contributed by atoms with van der Waals surface area (Å²) in [5.41, 5.74) is 4.54. The van der Waals surface area contributed by atoms with Crippen molar-refractivity contribution in [2.75, 3.05) is 16.4 Å². The van der Waals surface area contributed by atoms with Crippen molar-refractivity contribution < 1.29 is 8.42 Å². The average Bonchev–Trinajstić information content (AvgIpc) is 3.06. The number of aryl methyl sites for hydroxylation is 2. The van der Waals surface area contributed by atoms with Gasteiger partial charge in [-0.15, -0.1) is 0 Å². The first-order valence-electron chi connectivity index (χ1n) is 8.84. The number of amidine groups is 1. The van der Waals surface area contributed by atoms with E-state index in [0.29, 0.717) is 0 Å². The number of anilines is 1. The van der Waals surface area contributed by atoms with Gasteiger partial charge in [-0.25, -0.2) is 8.42 Å². The molecule has 2 heterocycles. The molecule has 0 radical (unpaired) electrons. The molecule has 0 bridgehead atoms. The van der Waals surface area contributed by atoms with E-state index in [9.17, 15) is 8.42 Å². The number of nitrogens with zero attached hydrogens (tertiary/aromatic N) is 2. The minimum absolute atomic E-state index is 0.107. The largest absolute Gasteiger partial charge is 0.315 e. The minimum Gasteiger partial charge on any atom is -0.315 e. The fraction of sp³-hybridized carbons (Fsp3) is 0.350. The Kier molecular flexibility index (Phi) is 4.99. The van der Waals surface area contributed by atoms with E-state index in [1.807, 2.05) is 24.3 Å². The van der Waals surface area contributed by atoms with Gasteiger partial charge in [-0.2, -0.15) is 0 Å². The third-order valence-corrected chi connectivity index (χ3v) is 7.99. The maximum absolute atomic E-state index is 12.2. The SMILES string of the molecule is Cc1ccc(N2C(SCc3ccc(Cl)cc3)=N[C@@H]3CS(=O)(=O)C[C@@H]32)c(C)c1. The van der Waals surface area contributed by atoms with E-state index >= 15 is 0 Å². The van der Waals surface area contributed by atoms with Crippen molar-refractivity contribution in [1.82, 2.24) is 0 Å². The summed E-state index contributed by atoms with van der Waals surface area (Å²) in [5, 5.41) is 1.63. The van der Waals surface area contributed by atoms with E-state index < -0.39 is 9.84 Å². The van der Waals surface area contributed by atoms with Gasteiger partial charge < -0.3 is 4.90 Å². The molecule has 0 amide bonds. The Labute approximate surface area is 169 Å². The molecule has 0 aromatic heterocycles. The molecule has 2 aliphatic heterocycles. The first kappa shape index (κ1) is 18.8. The first-order chi connectivity index (χ1) is 12.8. The smallest absolute Gasteiger partial charge is 0.164 e. The summed E-state index contributed by atoms with van der Waals surface area (Å²) in [7, 11) is -3.04. The van der Waals surface area contributed by atoms with Crippen molar-refractivity contribution in [1.29, 1.82) is 0 Å². The molecule has 27 heavy (non-hydrogen) atoms. The molecular formula is C20H21ClN2O2S2. The van der Waals surface area contributed by atoms with Crippen LogP contribution in [0.1, 0.15) is 16.7 Å². The summed E-state index contributed by atoms with van der Waals surface area (Å²) in [5.74, 6) is 1.08. The van der Waals surface area contributed by atoms with Crippen LogP contribution >= 0.6 is 23.4 Å². The molecule has 0 spiro atoms. The van der Waals surface area contributed by atoms with Gasteiger partial charge in [0.05, 0.1) is 23.6 Å². The number of halogens is 1. The van der Waals surface area contributed by atoms with Gasteiger partial charge in [0.25, 0.3) is 0 Å². The fourth-order valence-corrected chi connectivity index (χ4v) is 6.76. The Hall–Kier alpha value is -1.50. The highest BCUT2D eigenvalue weighted by molar-refractivity contribution is 8.13. The molecule has 2 aromatic carbocycles. The van der Waals surface area contributed by atoms with Crippen LogP contribution in [-0.2, 0) is 15.6 Å². The number of hydrogen-bond donors (Lipinski definition) is 0. The Morgan fingerprint density at radius 2 is 1.89 bits per heavy atom. The van der Waals surface area contributed by atoms with Crippen LogP contribution < -0.4 is 4.90 Å². The molecular weight excluding hydrogens is 400 g/mol. The maximum Gasteiger partial charge on any atom is 0.164 e. The summed E-state index contributed by atoms with van der Waals surface area (Å²) in [4.78, 5) is 6.94. The molecule has 1 saturated heterocycles. The van der Waals surface area contributed by atoms with Crippen molar-refractivity contribution in [3.8, 4) is 0 Å². The van der Waals surface area contributed by atoms with Crippen molar-refractivity contribution in [3.05, 3.63) is 64.2 Å². The van der Waals surface area contributed by atoms with Gasteiger partial charge in [0.1, 0.15) is 0 Å². The van der Waals surface area contributed by atoms with Crippen LogP contribution in [-0.4, -0.2) is 37.2 Å². The fourth-order valence-electron chi connectivity index (χ4n) is 3.72. The predicted octanol–water partition coefficient (Wildman–Crippen LogP) is 4.23. The van der Waals surface area contributed by atoms with Crippen molar-refractivity contribution in [2.24, 2.45) is 4.99 Å². The van der Waals surface area contributed by atoms with Crippen molar-refractivity contribution in [2.45, 2.75) is 31.7 Å². The summed E-state index contributed by atoms with van der Waals surface area (Å²) >= 11 is 7.62. The molecule has 0 aliphatic carbocycles. The van der Waals surface area contributed by atoms with E-state index in [0.717, 1.165) is 32.8 Å². The van der Waals surface area contributed by atoms with E-state index in [1.54, 1.807) is 11.8 Å². The summed E-state index contributed by atoms with van der Waals surface area (Å²) in [6.45, 7) is 4.13. The van der Waals surface area contributed by atoms with Crippen LogP contribution in [0.4, 0.5) is 5.69 Å². The summed E-state index contributed by atoms with van der Waals surface area (Å²) in [6.07, 6.45) is 0. The first-order valence-corrected chi connectivity index (χ1v) is 12.0. The molecule has 2 aromatic rings. The van der Waals surface area contributed by atoms with Crippen LogP contribution in [0.5, 0.6) is 0 Å². The van der Waals surface area contributed by atoms with Gasteiger partial charge in [0, 0.05) is 16.5 Å². The average molecular weight is 421 g/mol. The molecule has 0 N–H and O–H groups in total. The quantitative estimate of drug-likeness (QED) is 0.745. The van der Waals surface area contributed by atoms with Crippen molar-refractivity contribution in [3.63, 3.8) is 0 Å². The maximum atomic E-state index is 12.2. The normalized spacial score (nSPS) is 23.4. The van der Waals surface area contributed by atoms with E-state index in [-0.39, 0.29) is 23.6 Å². The second-order valence-electron chi connectivity index (χ2n) is 7.20. The highest BCUT2D eigenvalue weighted by Gasteiger charge is 2.47. The van der Waals surface area contributed by atoms with E-state index in [1.165, 1.54) is 5.56 Å². The van der Waals surface area contributed by atoms with Gasteiger partial charge in [-0.3, -0.25) is 4.99 Å². The number of thioether (sulfide) groups is 1. The lowest BCUT2D eigenvalue weighted by Crippen LogP contribution is -2.39. The van der Waals surface area contributed by atoms with Crippen LogP contribution in [0.2, 0.25) is 5.02 Å². The zero-order chi connectivity index (χ0) is 19.2. The number of fused-ring (bicyclic) bond motifs is 1. The van der Waals surface area contributed by atoms with E-state index in [2.05, 4.69) is 36.9 Å². The predicted molar refractivity (Wildman–Crippen MR) is 115 cm³/mol. The van der Waals surface area contributed by atoms with Crippen LogP contribution in [0.15, 0.2) is 47.5 Å². The zero-order valence-corrected chi connectivity index (χ0v) is 17.6. The van der Waals surface area contributed by atoms with Gasteiger partial charge >= 0.3 is 0 Å². The molecule has 4 rings (SSSR count). The second kappa shape index (κ2) is 7.15. The van der Waals surface area contributed by atoms with Gasteiger partial charge in [-0.05, 0) is 43.2 Å². The molecule has 0 unspecified atom stereocenters. The lowest BCUT2D eigenvalue weighted by molar-refractivity contribution is 0.601. The summed E-state index contributed by atoms with van der Waals surface area (Å²) in [6, 6.07) is 13.8.